The van der Waals surface area contributed by atoms with E-state index in [1.807, 2.05) is 12.1 Å². The normalized spacial score (nSPS) is 24.6. The largest absolute Gasteiger partial charge is 0.313 e. The Hall–Kier alpha value is -0.890. The topological polar surface area (TPSA) is 12.0 Å². The summed E-state index contributed by atoms with van der Waals surface area (Å²) >= 11 is 0. The van der Waals surface area contributed by atoms with Gasteiger partial charge in [0.15, 0.2) is 0 Å². The van der Waals surface area contributed by atoms with Crippen LogP contribution in [0.3, 0.4) is 0 Å². The molecule has 3 atom stereocenters. The van der Waals surface area contributed by atoms with Gasteiger partial charge in [-0.2, -0.15) is 0 Å². The van der Waals surface area contributed by atoms with Crippen LogP contribution in [0.15, 0.2) is 24.3 Å². The Bertz CT molecular complexity index is 373. The molecule has 106 valence electrons. The molecule has 0 spiro atoms. The molecule has 0 radical (unpaired) electrons. The van der Waals surface area contributed by atoms with E-state index in [4.69, 9.17) is 0 Å². The van der Waals surface area contributed by atoms with Gasteiger partial charge < -0.3 is 5.32 Å². The Morgan fingerprint density at radius 3 is 2.58 bits per heavy atom. The standard InChI is InChI=1S/C17H26FN/c1-3-10-19-17(15-7-4-13(2)11-15)12-14-5-8-16(18)9-6-14/h5-6,8-9,13,15,17,19H,3-4,7,10-12H2,1-2H3. The van der Waals surface area contributed by atoms with Crippen LogP contribution in [-0.4, -0.2) is 12.6 Å². The van der Waals surface area contributed by atoms with E-state index in [1.165, 1.54) is 31.2 Å². The van der Waals surface area contributed by atoms with Gasteiger partial charge in [-0.25, -0.2) is 4.39 Å². The molecule has 1 aliphatic rings. The third kappa shape index (κ3) is 4.31. The molecular weight excluding hydrogens is 237 g/mol. The van der Waals surface area contributed by atoms with Crippen molar-refractivity contribution in [3.05, 3.63) is 35.6 Å². The van der Waals surface area contributed by atoms with Crippen molar-refractivity contribution in [2.24, 2.45) is 11.8 Å². The molecule has 3 unspecified atom stereocenters. The second-order valence-corrected chi connectivity index (χ2v) is 6.07. The summed E-state index contributed by atoms with van der Waals surface area (Å²) in [6, 6.07) is 7.55. The highest BCUT2D eigenvalue weighted by molar-refractivity contribution is 5.17. The van der Waals surface area contributed by atoms with Crippen LogP contribution in [0, 0.1) is 17.7 Å². The van der Waals surface area contributed by atoms with Crippen LogP contribution in [0.4, 0.5) is 4.39 Å². The maximum Gasteiger partial charge on any atom is 0.123 e. The van der Waals surface area contributed by atoms with Crippen molar-refractivity contribution in [1.82, 2.24) is 5.32 Å². The summed E-state index contributed by atoms with van der Waals surface area (Å²) in [5, 5.41) is 3.70. The molecule has 1 aromatic carbocycles. The van der Waals surface area contributed by atoms with Gasteiger partial charge in [0.25, 0.3) is 0 Å². The van der Waals surface area contributed by atoms with Crippen LogP contribution >= 0.6 is 0 Å². The van der Waals surface area contributed by atoms with Crippen molar-refractivity contribution >= 4 is 0 Å². The summed E-state index contributed by atoms with van der Waals surface area (Å²) in [6.45, 7) is 5.64. The number of halogens is 1. The molecule has 0 amide bonds. The molecular formula is C17H26FN. The maximum absolute atomic E-state index is 13.0. The van der Waals surface area contributed by atoms with E-state index in [1.54, 1.807) is 12.1 Å². The lowest BCUT2D eigenvalue weighted by Crippen LogP contribution is -2.37. The fraction of sp³-hybridized carbons (Fsp3) is 0.647. The first kappa shape index (κ1) is 14.5. The molecule has 0 aliphatic heterocycles. The highest BCUT2D eigenvalue weighted by atomic mass is 19.1. The van der Waals surface area contributed by atoms with Crippen molar-refractivity contribution in [3.8, 4) is 0 Å². The molecule has 0 heterocycles. The fourth-order valence-electron chi connectivity index (χ4n) is 3.23. The Balaban J connectivity index is 1.98. The van der Waals surface area contributed by atoms with Crippen molar-refractivity contribution in [2.75, 3.05) is 6.54 Å². The SMILES string of the molecule is CCCNC(Cc1ccc(F)cc1)C1CCC(C)C1. The number of hydrogen-bond acceptors (Lipinski definition) is 1. The van der Waals surface area contributed by atoms with Crippen LogP contribution < -0.4 is 5.32 Å². The average Bonchev–Trinajstić information content (AvgIpc) is 2.83. The molecule has 1 saturated carbocycles. The van der Waals surface area contributed by atoms with Gasteiger partial charge in [0.2, 0.25) is 0 Å². The lowest BCUT2D eigenvalue weighted by atomic mass is 9.91. The number of hydrogen-bond donors (Lipinski definition) is 1. The van der Waals surface area contributed by atoms with E-state index in [0.717, 1.165) is 24.8 Å². The van der Waals surface area contributed by atoms with Gasteiger partial charge in [0, 0.05) is 6.04 Å². The second kappa shape index (κ2) is 7.04. The molecule has 1 aliphatic carbocycles. The van der Waals surface area contributed by atoms with Crippen LogP contribution in [0.2, 0.25) is 0 Å². The number of nitrogens with one attached hydrogen (secondary N) is 1. The van der Waals surface area contributed by atoms with E-state index >= 15 is 0 Å². The van der Waals surface area contributed by atoms with Crippen molar-refractivity contribution < 1.29 is 4.39 Å². The van der Waals surface area contributed by atoms with Crippen LogP contribution in [0.25, 0.3) is 0 Å². The van der Waals surface area contributed by atoms with Crippen molar-refractivity contribution in [3.63, 3.8) is 0 Å². The van der Waals surface area contributed by atoms with Crippen LogP contribution in [0.1, 0.15) is 45.1 Å². The smallest absolute Gasteiger partial charge is 0.123 e. The summed E-state index contributed by atoms with van der Waals surface area (Å²) in [5.74, 6) is 1.51. The van der Waals surface area contributed by atoms with Crippen LogP contribution in [-0.2, 0) is 6.42 Å². The van der Waals surface area contributed by atoms with Gasteiger partial charge in [-0.1, -0.05) is 32.4 Å². The minimum Gasteiger partial charge on any atom is -0.313 e. The summed E-state index contributed by atoms with van der Waals surface area (Å²) < 4.78 is 13.0. The molecule has 2 heteroatoms. The molecule has 2 rings (SSSR count). The Morgan fingerprint density at radius 2 is 2.00 bits per heavy atom. The highest BCUT2D eigenvalue weighted by Gasteiger charge is 2.28. The zero-order chi connectivity index (χ0) is 13.7. The molecule has 1 nitrogen and oxygen atoms in total. The molecule has 0 saturated heterocycles. The summed E-state index contributed by atoms with van der Waals surface area (Å²) in [6.07, 6.45) is 6.23. The number of benzene rings is 1. The van der Waals surface area contributed by atoms with Gasteiger partial charge in [-0.05, 0) is 61.8 Å². The highest BCUT2D eigenvalue weighted by Crippen LogP contribution is 2.33. The first-order valence-corrected chi connectivity index (χ1v) is 7.67. The monoisotopic (exact) mass is 263 g/mol. The summed E-state index contributed by atoms with van der Waals surface area (Å²) in [7, 11) is 0. The molecule has 0 bridgehead atoms. The lowest BCUT2D eigenvalue weighted by molar-refractivity contribution is 0.348. The molecule has 1 aromatic rings. The van der Waals surface area contributed by atoms with Gasteiger partial charge >= 0.3 is 0 Å². The minimum atomic E-state index is -0.142. The first-order chi connectivity index (χ1) is 9.19. The zero-order valence-corrected chi connectivity index (χ0v) is 12.2. The predicted octanol–water partition coefficient (Wildman–Crippen LogP) is 4.17. The predicted molar refractivity (Wildman–Crippen MR) is 78.7 cm³/mol. The fourth-order valence-corrected chi connectivity index (χ4v) is 3.23. The van der Waals surface area contributed by atoms with Crippen LogP contribution in [0.5, 0.6) is 0 Å². The van der Waals surface area contributed by atoms with Gasteiger partial charge in [-0.15, -0.1) is 0 Å². The molecule has 19 heavy (non-hydrogen) atoms. The molecule has 1 N–H and O–H groups in total. The van der Waals surface area contributed by atoms with Gasteiger partial charge in [0.05, 0.1) is 0 Å². The third-order valence-electron chi connectivity index (χ3n) is 4.33. The van der Waals surface area contributed by atoms with Crippen molar-refractivity contribution in [1.29, 1.82) is 0 Å². The number of rotatable bonds is 6. The van der Waals surface area contributed by atoms with E-state index in [9.17, 15) is 4.39 Å². The van der Waals surface area contributed by atoms with Gasteiger partial charge in [0.1, 0.15) is 5.82 Å². The summed E-state index contributed by atoms with van der Waals surface area (Å²) in [4.78, 5) is 0. The molecule has 0 aromatic heterocycles. The maximum atomic E-state index is 13.0. The van der Waals surface area contributed by atoms with Gasteiger partial charge in [-0.3, -0.25) is 0 Å². The van der Waals surface area contributed by atoms with Crippen molar-refractivity contribution in [2.45, 2.75) is 52.0 Å². The Morgan fingerprint density at radius 1 is 1.26 bits per heavy atom. The van der Waals surface area contributed by atoms with E-state index in [0.29, 0.717) is 6.04 Å². The third-order valence-corrected chi connectivity index (χ3v) is 4.33. The minimum absolute atomic E-state index is 0.142. The second-order valence-electron chi connectivity index (χ2n) is 6.07. The quantitative estimate of drug-likeness (QED) is 0.812. The summed E-state index contributed by atoms with van der Waals surface area (Å²) in [5.41, 5.74) is 1.24. The van der Waals surface area contributed by atoms with E-state index in [-0.39, 0.29) is 5.82 Å². The zero-order valence-electron chi connectivity index (χ0n) is 12.2. The Labute approximate surface area is 116 Å². The first-order valence-electron chi connectivity index (χ1n) is 7.67. The lowest BCUT2D eigenvalue weighted by Gasteiger charge is -2.25. The average molecular weight is 263 g/mol. The van der Waals surface area contributed by atoms with E-state index < -0.39 is 0 Å². The van der Waals surface area contributed by atoms with E-state index in [2.05, 4.69) is 19.2 Å². The Kier molecular flexibility index (Phi) is 5.38. The molecule has 1 fully saturated rings.